The van der Waals surface area contributed by atoms with Crippen molar-refractivity contribution in [2.24, 2.45) is 12.8 Å². The van der Waals surface area contributed by atoms with Crippen molar-refractivity contribution in [1.29, 1.82) is 0 Å². The Labute approximate surface area is 63.4 Å². The Bertz CT molecular complexity index is 279. The molecule has 1 aromatic rings. The van der Waals surface area contributed by atoms with E-state index in [0.717, 1.165) is 0 Å². The van der Waals surface area contributed by atoms with E-state index < -0.39 is 5.97 Å². The summed E-state index contributed by atoms with van der Waals surface area (Å²) in [5.74, 6) is -0.987. The molecule has 0 amide bonds. The fraction of sp³-hybridized carbons (Fsp3) is 0.333. The van der Waals surface area contributed by atoms with E-state index in [-0.39, 0.29) is 12.1 Å². The van der Waals surface area contributed by atoms with Crippen LogP contribution in [0.1, 0.15) is 16.1 Å². The predicted molar refractivity (Wildman–Crippen MR) is 38.1 cm³/mol. The summed E-state index contributed by atoms with van der Waals surface area (Å²) in [6, 6.07) is 0. The standard InChI is InChI=1S/C6H9N3O2/c1-9-5(2-7)4(3-8-9)6(10)11/h3H,2,7H2,1H3,(H,10,11). The van der Waals surface area contributed by atoms with Crippen LogP contribution in [0.5, 0.6) is 0 Å². The highest BCUT2D eigenvalue weighted by Gasteiger charge is 2.12. The molecule has 0 aliphatic carbocycles. The Kier molecular flexibility index (Phi) is 1.91. The van der Waals surface area contributed by atoms with Crippen molar-refractivity contribution < 1.29 is 9.90 Å². The summed E-state index contributed by atoms with van der Waals surface area (Å²) in [6.45, 7) is 0.193. The molecule has 1 rings (SSSR count). The van der Waals surface area contributed by atoms with Gasteiger partial charge < -0.3 is 10.8 Å². The average Bonchev–Trinajstić information content (AvgIpc) is 2.30. The second kappa shape index (κ2) is 2.71. The Morgan fingerprint density at radius 3 is 2.91 bits per heavy atom. The molecular weight excluding hydrogens is 146 g/mol. The van der Waals surface area contributed by atoms with Crippen molar-refractivity contribution in [2.45, 2.75) is 6.54 Å². The minimum Gasteiger partial charge on any atom is -0.478 e. The topological polar surface area (TPSA) is 81.1 Å². The number of aromatic nitrogens is 2. The zero-order valence-corrected chi connectivity index (χ0v) is 6.11. The van der Waals surface area contributed by atoms with Gasteiger partial charge in [-0.15, -0.1) is 0 Å². The molecule has 1 aromatic heterocycles. The van der Waals surface area contributed by atoms with Gasteiger partial charge in [-0.25, -0.2) is 4.79 Å². The van der Waals surface area contributed by atoms with E-state index in [1.165, 1.54) is 10.9 Å². The van der Waals surface area contributed by atoms with Crippen LogP contribution in [0.25, 0.3) is 0 Å². The minimum absolute atomic E-state index is 0.176. The third-order valence-corrected chi connectivity index (χ3v) is 1.49. The van der Waals surface area contributed by atoms with Crippen molar-refractivity contribution in [2.75, 3.05) is 0 Å². The number of carboxylic acid groups (broad SMARTS) is 1. The van der Waals surface area contributed by atoms with E-state index in [1.54, 1.807) is 7.05 Å². The number of carboxylic acids is 1. The summed E-state index contributed by atoms with van der Waals surface area (Å²) < 4.78 is 1.46. The second-order valence-corrected chi connectivity index (χ2v) is 2.14. The number of nitrogens with two attached hydrogens (primary N) is 1. The Morgan fingerprint density at radius 2 is 2.55 bits per heavy atom. The zero-order valence-electron chi connectivity index (χ0n) is 6.11. The first-order valence-electron chi connectivity index (χ1n) is 3.11. The molecule has 0 unspecified atom stereocenters. The van der Waals surface area contributed by atoms with Crippen LogP contribution in [0, 0.1) is 0 Å². The van der Waals surface area contributed by atoms with Gasteiger partial charge in [0.25, 0.3) is 0 Å². The number of aromatic carboxylic acids is 1. The molecule has 0 saturated heterocycles. The van der Waals surface area contributed by atoms with Gasteiger partial charge in [0, 0.05) is 13.6 Å². The van der Waals surface area contributed by atoms with Gasteiger partial charge in [-0.1, -0.05) is 0 Å². The molecule has 0 aliphatic heterocycles. The predicted octanol–water partition coefficient (Wildman–Crippen LogP) is -0.423. The molecule has 0 aromatic carbocycles. The molecule has 0 fully saturated rings. The van der Waals surface area contributed by atoms with Crippen LogP contribution in [-0.4, -0.2) is 20.9 Å². The van der Waals surface area contributed by atoms with E-state index in [4.69, 9.17) is 10.8 Å². The molecular formula is C6H9N3O2. The van der Waals surface area contributed by atoms with Crippen molar-refractivity contribution in [1.82, 2.24) is 9.78 Å². The van der Waals surface area contributed by atoms with Gasteiger partial charge in [0.05, 0.1) is 11.9 Å². The van der Waals surface area contributed by atoms with Crippen LogP contribution in [0.15, 0.2) is 6.20 Å². The Hall–Kier alpha value is -1.36. The maximum Gasteiger partial charge on any atom is 0.339 e. The maximum absolute atomic E-state index is 10.5. The molecule has 5 nitrogen and oxygen atoms in total. The molecule has 0 radical (unpaired) electrons. The number of hydrogen-bond acceptors (Lipinski definition) is 3. The van der Waals surface area contributed by atoms with Gasteiger partial charge in [0.15, 0.2) is 0 Å². The molecule has 5 heteroatoms. The lowest BCUT2D eigenvalue weighted by Crippen LogP contribution is -2.09. The van der Waals surface area contributed by atoms with E-state index in [1.807, 2.05) is 0 Å². The first kappa shape index (κ1) is 7.74. The lowest BCUT2D eigenvalue weighted by molar-refractivity contribution is 0.0695. The Morgan fingerprint density at radius 1 is 1.91 bits per heavy atom. The highest BCUT2D eigenvalue weighted by atomic mass is 16.4. The normalized spacial score (nSPS) is 10.0. The van der Waals surface area contributed by atoms with Crippen LogP contribution in [0.3, 0.4) is 0 Å². The van der Waals surface area contributed by atoms with Crippen molar-refractivity contribution >= 4 is 5.97 Å². The van der Waals surface area contributed by atoms with E-state index >= 15 is 0 Å². The maximum atomic E-state index is 10.5. The van der Waals surface area contributed by atoms with Gasteiger partial charge >= 0.3 is 5.97 Å². The minimum atomic E-state index is -0.987. The quantitative estimate of drug-likeness (QED) is 0.607. The smallest absolute Gasteiger partial charge is 0.339 e. The molecule has 0 spiro atoms. The largest absolute Gasteiger partial charge is 0.478 e. The summed E-state index contributed by atoms with van der Waals surface area (Å²) in [5.41, 5.74) is 6.02. The highest BCUT2D eigenvalue weighted by Crippen LogP contribution is 2.05. The van der Waals surface area contributed by atoms with Gasteiger partial charge in [-0.2, -0.15) is 5.10 Å². The third kappa shape index (κ3) is 1.22. The third-order valence-electron chi connectivity index (χ3n) is 1.49. The van der Waals surface area contributed by atoms with Crippen LogP contribution < -0.4 is 5.73 Å². The summed E-state index contributed by atoms with van der Waals surface area (Å²) >= 11 is 0. The zero-order chi connectivity index (χ0) is 8.43. The van der Waals surface area contributed by atoms with E-state index in [0.29, 0.717) is 5.69 Å². The first-order valence-corrected chi connectivity index (χ1v) is 3.11. The molecule has 0 saturated carbocycles. The van der Waals surface area contributed by atoms with Gasteiger partial charge in [0.2, 0.25) is 0 Å². The fourth-order valence-corrected chi connectivity index (χ4v) is 0.884. The fourth-order valence-electron chi connectivity index (χ4n) is 0.884. The van der Waals surface area contributed by atoms with Crippen LogP contribution in [0.4, 0.5) is 0 Å². The van der Waals surface area contributed by atoms with Crippen LogP contribution in [-0.2, 0) is 13.6 Å². The molecule has 60 valence electrons. The highest BCUT2D eigenvalue weighted by molar-refractivity contribution is 5.88. The molecule has 0 bridgehead atoms. The first-order chi connectivity index (χ1) is 5.16. The molecule has 0 atom stereocenters. The molecule has 11 heavy (non-hydrogen) atoms. The lowest BCUT2D eigenvalue weighted by atomic mass is 10.2. The average molecular weight is 155 g/mol. The molecule has 1 heterocycles. The van der Waals surface area contributed by atoms with Gasteiger partial charge in [-0.05, 0) is 0 Å². The van der Waals surface area contributed by atoms with E-state index in [9.17, 15) is 4.79 Å². The van der Waals surface area contributed by atoms with Crippen LogP contribution >= 0.6 is 0 Å². The van der Waals surface area contributed by atoms with E-state index in [2.05, 4.69) is 5.10 Å². The summed E-state index contributed by atoms with van der Waals surface area (Å²) in [4.78, 5) is 10.5. The lowest BCUT2D eigenvalue weighted by Gasteiger charge is -1.97. The van der Waals surface area contributed by atoms with Crippen LogP contribution in [0.2, 0.25) is 0 Å². The SMILES string of the molecule is Cn1ncc(C(=O)O)c1CN. The summed E-state index contributed by atoms with van der Waals surface area (Å²) in [5, 5.41) is 12.4. The number of carbonyl (C=O) groups is 1. The summed E-state index contributed by atoms with van der Waals surface area (Å²) in [7, 11) is 1.66. The molecule has 3 N–H and O–H groups in total. The number of nitrogens with zero attached hydrogens (tertiary/aromatic N) is 2. The monoisotopic (exact) mass is 155 g/mol. The number of hydrogen-bond donors (Lipinski definition) is 2. The van der Waals surface area contributed by atoms with Gasteiger partial charge in [0.1, 0.15) is 5.56 Å². The van der Waals surface area contributed by atoms with Crippen molar-refractivity contribution in [3.63, 3.8) is 0 Å². The van der Waals surface area contributed by atoms with Gasteiger partial charge in [-0.3, -0.25) is 4.68 Å². The Balaban J connectivity index is 3.15. The number of aryl methyl sites for hydroxylation is 1. The number of rotatable bonds is 2. The second-order valence-electron chi connectivity index (χ2n) is 2.14. The summed E-state index contributed by atoms with van der Waals surface area (Å²) in [6.07, 6.45) is 1.30. The van der Waals surface area contributed by atoms with Crippen molar-refractivity contribution in [3.8, 4) is 0 Å². The molecule has 0 aliphatic rings. The van der Waals surface area contributed by atoms with Crippen molar-refractivity contribution in [3.05, 3.63) is 17.5 Å².